The molecule has 23 heavy (non-hydrogen) atoms. The van der Waals surface area contributed by atoms with Gasteiger partial charge in [0.25, 0.3) is 15.7 Å². The summed E-state index contributed by atoms with van der Waals surface area (Å²) in [6, 6.07) is 5.82. The molecule has 2 N–H and O–H groups in total. The molecule has 0 aliphatic heterocycles. The number of fused-ring (bicyclic) bond motifs is 1. The fourth-order valence-electron chi connectivity index (χ4n) is 1.75. The SMILES string of the molecule is Br.NS(=O)(=O)c1nn2c(Br)c(-c3ccc([N+](=O)[O-])cc3)nc2s1. The summed E-state index contributed by atoms with van der Waals surface area (Å²) in [6.45, 7) is 0. The highest BCUT2D eigenvalue weighted by Gasteiger charge is 2.21. The molecule has 0 aliphatic carbocycles. The van der Waals surface area contributed by atoms with E-state index < -0.39 is 14.9 Å². The standard InChI is InChI=1S/C10H6BrN5O4S2.BrH/c11-8-7(5-1-3-6(4-2-5)16(17)18)13-9-15(8)14-10(21-9)22(12,19)20;/h1-4H,(H2,12,19,20);1H. The second-order valence-electron chi connectivity index (χ2n) is 4.16. The molecule has 0 saturated heterocycles. The van der Waals surface area contributed by atoms with Crippen molar-refractivity contribution in [2.24, 2.45) is 5.14 Å². The molecule has 0 unspecified atom stereocenters. The van der Waals surface area contributed by atoms with Crippen molar-refractivity contribution in [1.29, 1.82) is 0 Å². The molecule has 0 fully saturated rings. The Morgan fingerprint density at radius 1 is 1.30 bits per heavy atom. The lowest BCUT2D eigenvalue weighted by molar-refractivity contribution is -0.384. The summed E-state index contributed by atoms with van der Waals surface area (Å²) in [5.41, 5.74) is 1.09. The molecular weight excluding hydrogens is 478 g/mol. The monoisotopic (exact) mass is 483 g/mol. The molecule has 1 aromatic carbocycles. The molecule has 0 aliphatic rings. The van der Waals surface area contributed by atoms with E-state index in [4.69, 9.17) is 5.14 Å². The Morgan fingerprint density at radius 2 is 1.91 bits per heavy atom. The number of nitro benzene ring substituents is 1. The van der Waals surface area contributed by atoms with Crippen LogP contribution in [0.15, 0.2) is 33.2 Å². The number of imidazole rings is 1. The number of aromatic nitrogens is 3. The van der Waals surface area contributed by atoms with E-state index in [0.29, 0.717) is 20.8 Å². The third kappa shape index (κ3) is 3.28. The molecule has 0 atom stereocenters. The highest BCUT2D eigenvalue weighted by atomic mass is 79.9. The Labute approximate surface area is 152 Å². The molecule has 0 spiro atoms. The number of primary sulfonamides is 1. The number of nitrogens with two attached hydrogens (primary N) is 1. The maximum absolute atomic E-state index is 11.3. The zero-order valence-corrected chi connectivity index (χ0v) is 15.8. The zero-order valence-electron chi connectivity index (χ0n) is 10.9. The smallest absolute Gasteiger partial charge is 0.258 e. The quantitative estimate of drug-likeness (QED) is 0.448. The number of hydrogen-bond acceptors (Lipinski definition) is 7. The van der Waals surface area contributed by atoms with Crippen LogP contribution in [0.1, 0.15) is 0 Å². The molecule has 0 saturated carbocycles. The van der Waals surface area contributed by atoms with Crippen LogP contribution < -0.4 is 5.14 Å². The maximum Gasteiger partial charge on any atom is 0.269 e. The number of hydrogen-bond donors (Lipinski definition) is 1. The third-order valence-corrected chi connectivity index (χ3v) is 5.66. The third-order valence-electron chi connectivity index (χ3n) is 2.73. The van der Waals surface area contributed by atoms with Crippen LogP contribution in [0.4, 0.5) is 5.69 Å². The van der Waals surface area contributed by atoms with Crippen molar-refractivity contribution in [3.63, 3.8) is 0 Å². The van der Waals surface area contributed by atoms with Gasteiger partial charge in [0, 0.05) is 17.7 Å². The lowest BCUT2D eigenvalue weighted by atomic mass is 10.1. The first-order valence-corrected chi connectivity index (χ1v) is 8.75. The van der Waals surface area contributed by atoms with Gasteiger partial charge >= 0.3 is 0 Å². The second kappa shape index (κ2) is 6.24. The van der Waals surface area contributed by atoms with Gasteiger partial charge in [-0.1, -0.05) is 11.3 Å². The van der Waals surface area contributed by atoms with Gasteiger partial charge in [0.1, 0.15) is 10.3 Å². The van der Waals surface area contributed by atoms with Gasteiger partial charge in [0.05, 0.1) is 4.92 Å². The lowest BCUT2D eigenvalue weighted by Crippen LogP contribution is -2.12. The summed E-state index contributed by atoms with van der Waals surface area (Å²) in [4.78, 5) is 14.8. The predicted octanol–water partition coefficient (Wildman–Crippen LogP) is 2.35. The van der Waals surface area contributed by atoms with Crippen molar-refractivity contribution in [3.05, 3.63) is 39.0 Å². The normalized spacial score (nSPS) is 11.4. The van der Waals surface area contributed by atoms with Gasteiger partial charge in [-0.3, -0.25) is 10.1 Å². The van der Waals surface area contributed by atoms with Crippen LogP contribution >= 0.6 is 44.2 Å². The van der Waals surface area contributed by atoms with Crippen molar-refractivity contribution in [2.75, 3.05) is 0 Å². The van der Waals surface area contributed by atoms with Gasteiger partial charge in [0.2, 0.25) is 9.30 Å². The van der Waals surface area contributed by atoms with E-state index in [9.17, 15) is 18.5 Å². The first-order valence-electron chi connectivity index (χ1n) is 5.60. The van der Waals surface area contributed by atoms with Crippen molar-refractivity contribution in [1.82, 2.24) is 14.6 Å². The van der Waals surface area contributed by atoms with Crippen LogP contribution in [0, 0.1) is 10.1 Å². The number of sulfonamides is 1. The zero-order chi connectivity index (χ0) is 16.1. The molecule has 3 rings (SSSR count). The average Bonchev–Trinajstić information content (AvgIpc) is 2.99. The first kappa shape index (κ1) is 17.9. The molecule has 9 nitrogen and oxygen atoms in total. The highest BCUT2D eigenvalue weighted by Crippen LogP contribution is 2.32. The number of nitrogens with zero attached hydrogens (tertiary/aromatic N) is 4. The Hall–Kier alpha value is -1.41. The van der Waals surface area contributed by atoms with E-state index in [0.717, 1.165) is 11.3 Å². The summed E-state index contributed by atoms with van der Waals surface area (Å²) in [7, 11) is -3.89. The average molecular weight is 485 g/mol. The highest BCUT2D eigenvalue weighted by molar-refractivity contribution is 9.10. The number of benzene rings is 1. The van der Waals surface area contributed by atoms with Gasteiger partial charge < -0.3 is 0 Å². The number of nitro groups is 1. The maximum atomic E-state index is 11.3. The van der Waals surface area contributed by atoms with Crippen LogP contribution in [0.25, 0.3) is 16.2 Å². The molecule has 2 heterocycles. The fourth-order valence-corrected chi connectivity index (χ4v) is 3.95. The van der Waals surface area contributed by atoms with Gasteiger partial charge in [-0.25, -0.2) is 18.5 Å². The van der Waals surface area contributed by atoms with E-state index in [1.807, 2.05) is 0 Å². The van der Waals surface area contributed by atoms with Crippen LogP contribution in [0.5, 0.6) is 0 Å². The molecule has 122 valence electrons. The molecule has 0 radical (unpaired) electrons. The topological polar surface area (TPSA) is 133 Å². The van der Waals surface area contributed by atoms with Gasteiger partial charge in [-0.15, -0.1) is 22.1 Å². The summed E-state index contributed by atoms with van der Waals surface area (Å²) in [6.07, 6.45) is 0. The minimum atomic E-state index is -3.89. The Bertz CT molecular complexity index is 996. The molecule has 0 amide bonds. The van der Waals surface area contributed by atoms with E-state index in [2.05, 4.69) is 26.0 Å². The molecular formula is C10H7Br2N5O4S2. The van der Waals surface area contributed by atoms with E-state index >= 15 is 0 Å². The first-order chi connectivity index (χ1) is 10.3. The molecule has 0 bridgehead atoms. The Morgan fingerprint density at radius 3 is 2.39 bits per heavy atom. The van der Waals surface area contributed by atoms with Crippen molar-refractivity contribution < 1.29 is 13.3 Å². The summed E-state index contributed by atoms with van der Waals surface area (Å²) in [5, 5.41) is 19.6. The molecule has 13 heteroatoms. The summed E-state index contributed by atoms with van der Waals surface area (Å²) < 4.78 is 24.0. The molecule has 3 aromatic rings. The van der Waals surface area contributed by atoms with Crippen LogP contribution in [-0.4, -0.2) is 27.9 Å². The fraction of sp³-hybridized carbons (Fsp3) is 0. The van der Waals surface area contributed by atoms with Crippen molar-refractivity contribution in [3.8, 4) is 11.3 Å². The summed E-state index contributed by atoms with van der Waals surface area (Å²) >= 11 is 4.12. The minimum absolute atomic E-state index is 0. The van der Waals surface area contributed by atoms with E-state index in [1.54, 1.807) is 12.1 Å². The van der Waals surface area contributed by atoms with Crippen LogP contribution in [-0.2, 0) is 10.0 Å². The van der Waals surface area contributed by atoms with Crippen LogP contribution in [0.3, 0.4) is 0 Å². The van der Waals surface area contributed by atoms with E-state index in [-0.39, 0.29) is 27.0 Å². The Kier molecular flexibility index (Phi) is 4.86. The van der Waals surface area contributed by atoms with Crippen molar-refractivity contribution >= 4 is 64.9 Å². The lowest BCUT2D eigenvalue weighted by Gasteiger charge is -1.97. The number of halogens is 2. The predicted molar refractivity (Wildman–Crippen MR) is 92.3 cm³/mol. The Balaban J connectivity index is 0.00000192. The largest absolute Gasteiger partial charge is 0.269 e. The van der Waals surface area contributed by atoms with E-state index in [1.165, 1.54) is 16.6 Å². The summed E-state index contributed by atoms with van der Waals surface area (Å²) in [5.74, 6) is 0. The number of rotatable bonds is 3. The van der Waals surface area contributed by atoms with Gasteiger partial charge in [-0.05, 0) is 28.1 Å². The second-order valence-corrected chi connectivity index (χ2v) is 7.60. The molecule has 2 aromatic heterocycles. The van der Waals surface area contributed by atoms with Gasteiger partial charge in [0.15, 0.2) is 0 Å². The number of non-ortho nitro benzene ring substituents is 1. The minimum Gasteiger partial charge on any atom is -0.258 e. The van der Waals surface area contributed by atoms with Crippen LogP contribution in [0.2, 0.25) is 0 Å². The van der Waals surface area contributed by atoms with Crippen molar-refractivity contribution in [2.45, 2.75) is 4.34 Å². The van der Waals surface area contributed by atoms with Gasteiger partial charge in [-0.2, -0.15) is 4.52 Å².